The first kappa shape index (κ1) is 14.0. The number of amides is 1. The summed E-state index contributed by atoms with van der Waals surface area (Å²) in [6, 6.07) is 6.87. The number of rotatable bonds is 4. The Labute approximate surface area is 107 Å². The predicted octanol–water partition coefficient (Wildman–Crippen LogP) is 2.50. The van der Waals surface area contributed by atoms with Crippen LogP contribution in [-0.4, -0.2) is 11.9 Å². The third-order valence-electron chi connectivity index (χ3n) is 2.73. The highest BCUT2D eigenvalue weighted by Gasteiger charge is 2.19. The van der Waals surface area contributed by atoms with Crippen molar-refractivity contribution in [3.05, 3.63) is 34.9 Å². The molecule has 0 aromatic heterocycles. The Hall–Kier alpha value is -1.06. The lowest BCUT2D eigenvalue weighted by Crippen LogP contribution is -2.44. The molecule has 0 saturated heterocycles. The van der Waals surface area contributed by atoms with E-state index in [9.17, 15) is 4.79 Å². The Bertz CT molecular complexity index is 393. The van der Waals surface area contributed by atoms with E-state index in [-0.39, 0.29) is 17.9 Å². The summed E-state index contributed by atoms with van der Waals surface area (Å²) < 4.78 is 0. The van der Waals surface area contributed by atoms with E-state index in [4.69, 9.17) is 17.3 Å². The standard InChI is InChI=1S/C13H19ClN2O/c1-8(2)12(15)13(17)16-9(3)10-5-4-6-11(14)7-10/h4-9,12H,15H2,1-3H3,(H,16,17)/t9?,12-/m0/s1. The van der Waals surface area contributed by atoms with Crippen molar-refractivity contribution < 1.29 is 4.79 Å². The van der Waals surface area contributed by atoms with Gasteiger partial charge in [0.15, 0.2) is 0 Å². The lowest BCUT2D eigenvalue weighted by molar-refractivity contribution is -0.123. The normalized spacial score (nSPS) is 14.5. The zero-order valence-electron chi connectivity index (χ0n) is 10.4. The van der Waals surface area contributed by atoms with Crippen molar-refractivity contribution in [2.24, 2.45) is 11.7 Å². The van der Waals surface area contributed by atoms with Crippen molar-refractivity contribution in [3.63, 3.8) is 0 Å². The highest BCUT2D eigenvalue weighted by Crippen LogP contribution is 2.17. The Morgan fingerprint density at radius 3 is 2.53 bits per heavy atom. The minimum Gasteiger partial charge on any atom is -0.348 e. The minimum atomic E-state index is -0.475. The summed E-state index contributed by atoms with van der Waals surface area (Å²) in [6.07, 6.45) is 0. The molecule has 4 heteroatoms. The van der Waals surface area contributed by atoms with Gasteiger partial charge in [0, 0.05) is 5.02 Å². The predicted molar refractivity (Wildman–Crippen MR) is 70.8 cm³/mol. The average molecular weight is 255 g/mol. The summed E-state index contributed by atoms with van der Waals surface area (Å²) in [7, 11) is 0. The van der Waals surface area contributed by atoms with Crippen molar-refractivity contribution >= 4 is 17.5 Å². The van der Waals surface area contributed by atoms with Gasteiger partial charge in [0.05, 0.1) is 12.1 Å². The van der Waals surface area contributed by atoms with Crippen LogP contribution >= 0.6 is 11.6 Å². The minimum absolute atomic E-state index is 0.0917. The van der Waals surface area contributed by atoms with Gasteiger partial charge in [-0.1, -0.05) is 37.6 Å². The van der Waals surface area contributed by atoms with Gasteiger partial charge in [0.2, 0.25) is 5.91 Å². The average Bonchev–Trinajstić information content (AvgIpc) is 2.27. The zero-order valence-corrected chi connectivity index (χ0v) is 11.2. The highest BCUT2D eigenvalue weighted by atomic mass is 35.5. The van der Waals surface area contributed by atoms with Crippen molar-refractivity contribution in [3.8, 4) is 0 Å². The zero-order chi connectivity index (χ0) is 13.0. The number of carbonyl (C=O) groups is 1. The van der Waals surface area contributed by atoms with Crippen LogP contribution in [-0.2, 0) is 4.79 Å². The van der Waals surface area contributed by atoms with Crippen LogP contribution in [0.3, 0.4) is 0 Å². The topological polar surface area (TPSA) is 55.1 Å². The van der Waals surface area contributed by atoms with E-state index >= 15 is 0 Å². The highest BCUT2D eigenvalue weighted by molar-refractivity contribution is 6.30. The summed E-state index contributed by atoms with van der Waals surface area (Å²) in [5.74, 6) is -0.00552. The molecule has 1 unspecified atom stereocenters. The van der Waals surface area contributed by atoms with Crippen LogP contribution in [0.4, 0.5) is 0 Å². The summed E-state index contributed by atoms with van der Waals surface area (Å²) >= 11 is 5.90. The summed E-state index contributed by atoms with van der Waals surface area (Å²) in [5, 5.41) is 3.55. The van der Waals surface area contributed by atoms with Crippen LogP contribution in [0, 0.1) is 5.92 Å². The molecule has 0 bridgehead atoms. The van der Waals surface area contributed by atoms with Crippen LogP contribution < -0.4 is 11.1 Å². The Morgan fingerprint density at radius 2 is 2.00 bits per heavy atom. The van der Waals surface area contributed by atoms with Crippen LogP contribution in [0.5, 0.6) is 0 Å². The second kappa shape index (κ2) is 6.03. The third kappa shape index (κ3) is 4.02. The molecule has 0 spiro atoms. The maximum atomic E-state index is 11.8. The van der Waals surface area contributed by atoms with E-state index in [2.05, 4.69) is 5.32 Å². The van der Waals surface area contributed by atoms with Crippen molar-refractivity contribution in [2.75, 3.05) is 0 Å². The van der Waals surface area contributed by atoms with Gasteiger partial charge in [-0.3, -0.25) is 4.79 Å². The van der Waals surface area contributed by atoms with Gasteiger partial charge < -0.3 is 11.1 Å². The fraction of sp³-hybridized carbons (Fsp3) is 0.462. The van der Waals surface area contributed by atoms with E-state index in [1.54, 1.807) is 6.07 Å². The lowest BCUT2D eigenvalue weighted by atomic mass is 10.0. The van der Waals surface area contributed by atoms with Gasteiger partial charge >= 0.3 is 0 Å². The maximum Gasteiger partial charge on any atom is 0.237 e. The van der Waals surface area contributed by atoms with Crippen molar-refractivity contribution in [2.45, 2.75) is 32.9 Å². The van der Waals surface area contributed by atoms with Crippen molar-refractivity contribution in [1.82, 2.24) is 5.32 Å². The molecule has 3 nitrogen and oxygen atoms in total. The molecule has 0 heterocycles. The number of nitrogens with one attached hydrogen (secondary N) is 1. The molecular formula is C13H19ClN2O. The number of halogens is 1. The first-order valence-electron chi connectivity index (χ1n) is 5.73. The van der Waals surface area contributed by atoms with E-state index in [1.165, 1.54) is 0 Å². The Balaban J connectivity index is 2.66. The van der Waals surface area contributed by atoms with Gasteiger partial charge in [-0.05, 0) is 30.5 Å². The molecular weight excluding hydrogens is 236 g/mol. The fourth-order valence-electron chi connectivity index (χ4n) is 1.47. The summed E-state index contributed by atoms with van der Waals surface area (Å²) in [5.41, 5.74) is 6.75. The van der Waals surface area contributed by atoms with Crippen LogP contribution in [0.15, 0.2) is 24.3 Å². The number of benzene rings is 1. The summed E-state index contributed by atoms with van der Waals surface area (Å²) in [4.78, 5) is 11.8. The number of hydrogen-bond acceptors (Lipinski definition) is 2. The molecule has 17 heavy (non-hydrogen) atoms. The van der Waals surface area contributed by atoms with Gasteiger partial charge in [0.1, 0.15) is 0 Å². The van der Waals surface area contributed by atoms with E-state index in [0.717, 1.165) is 5.56 Å². The molecule has 1 rings (SSSR count). The van der Waals surface area contributed by atoms with Crippen LogP contribution in [0.2, 0.25) is 5.02 Å². The van der Waals surface area contributed by atoms with Gasteiger partial charge in [-0.25, -0.2) is 0 Å². The molecule has 2 atom stereocenters. The molecule has 0 radical (unpaired) electrons. The quantitative estimate of drug-likeness (QED) is 0.868. The number of carbonyl (C=O) groups excluding carboxylic acids is 1. The maximum absolute atomic E-state index is 11.8. The molecule has 1 aromatic rings. The first-order valence-corrected chi connectivity index (χ1v) is 6.11. The lowest BCUT2D eigenvalue weighted by Gasteiger charge is -2.20. The number of nitrogens with two attached hydrogens (primary N) is 1. The van der Waals surface area contributed by atoms with E-state index in [1.807, 2.05) is 39.0 Å². The second-order valence-electron chi connectivity index (χ2n) is 4.56. The monoisotopic (exact) mass is 254 g/mol. The largest absolute Gasteiger partial charge is 0.348 e. The van der Waals surface area contributed by atoms with E-state index < -0.39 is 6.04 Å². The first-order chi connectivity index (χ1) is 7.91. The second-order valence-corrected chi connectivity index (χ2v) is 4.99. The van der Waals surface area contributed by atoms with Gasteiger partial charge in [-0.2, -0.15) is 0 Å². The number of hydrogen-bond donors (Lipinski definition) is 2. The molecule has 0 fully saturated rings. The van der Waals surface area contributed by atoms with Crippen LogP contribution in [0.25, 0.3) is 0 Å². The molecule has 1 amide bonds. The molecule has 0 aliphatic heterocycles. The Morgan fingerprint density at radius 1 is 1.35 bits per heavy atom. The van der Waals surface area contributed by atoms with Crippen LogP contribution in [0.1, 0.15) is 32.4 Å². The smallest absolute Gasteiger partial charge is 0.237 e. The molecule has 94 valence electrons. The van der Waals surface area contributed by atoms with Crippen molar-refractivity contribution in [1.29, 1.82) is 0 Å². The van der Waals surface area contributed by atoms with E-state index in [0.29, 0.717) is 5.02 Å². The molecule has 0 saturated carbocycles. The summed E-state index contributed by atoms with van der Waals surface area (Å²) in [6.45, 7) is 5.76. The third-order valence-corrected chi connectivity index (χ3v) is 2.96. The van der Waals surface area contributed by atoms with Gasteiger partial charge in [-0.15, -0.1) is 0 Å². The molecule has 3 N–H and O–H groups in total. The Kier molecular flexibility index (Phi) is 4.97. The molecule has 1 aromatic carbocycles. The molecule has 0 aliphatic rings. The SMILES string of the molecule is CC(NC(=O)[C@@H](N)C(C)C)c1cccc(Cl)c1. The molecule has 0 aliphatic carbocycles. The fourth-order valence-corrected chi connectivity index (χ4v) is 1.67. The van der Waals surface area contributed by atoms with Gasteiger partial charge in [0.25, 0.3) is 0 Å².